The maximum atomic E-state index is 5.34. The smallest absolute Gasteiger partial charge is 0.0942 e. The van der Waals surface area contributed by atoms with Crippen LogP contribution >= 0.6 is 0 Å². The second-order valence-electron chi connectivity index (χ2n) is 2.80. The molecular formula is C10H16O. The normalized spacial score (nSPS) is 23.5. The second-order valence-corrected chi connectivity index (χ2v) is 2.80. The maximum Gasteiger partial charge on any atom is 0.0942 e. The van der Waals surface area contributed by atoms with E-state index in [9.17, 15) is 0 Å². The van der Waals surface area contributed by atoms with Crippen LogP contribution in [0, 0.1) is 0 Å². The Hall–Kier alpha value is -0.560. The lowest BCUT2D eigenvalue weighted by Gasteiger charge is -1.99. The standard InChI is InChI=1S/C10H16O/c1-2-3-4-5-7-10-8-6-9-11-10/h5-8,10H,2-4,9H2,1H3/b7-5+. The number of hydrogen-bond donors (Lipinski definition) is 0. The molecule has 1 heteroatoms. The van der Waals surface area contributed by atoms with E-state index in [1.54, 1.807) is 0 Å². The molecule has 1 atom stereocenters. The summed E-state index contributed by atoms with van der Waals surface area (Å²) in [5.41, 5.74) is 0. The fourth-order valence-corrected chi connectivity index (χ4v) is 1.08. The van der Waals surface area contributed by atoms with E-state index in [0.29, 0.717) is 0 Å². The van der Waals surface area contributed by atoms with Crippen molar-refractivity contribution in [3.63, 3.8) is 0 Å². The lowest BCUT2D eigenvalue weighted by atomic mass is 10.2. The topological polar surface area (TPSA) is 9.23 Å². The molecule has 1 aliphatic rings. The Morgan fingerprint density at radius 1 is 1.64 bits per heavy atom. The average Bonchev–Trinajstić information content (AvgIpc) is 2.50. The van der Waals surface area contributed by atoms with Crippen LogP contribution in [-0.4, -0.2) is 12.7 Å². The van der Waals surface area contributed by atoms with E-state index >= 15 is 0 Å². The van der Waals surface area contributed by atoms with Crippen LogP contribution in [0.5, 0.6) is 0 Å². The van der Waals surface area contributed by atoms with E-state index in [-0.39, 0.29) is 6.10 Å². The van der Waals surface area contributed by atoms with Crippen LogP contribution in [0.25, 0.3) is 0 Å². The lowest BCUT2D eigenvalue weighted by molar-refractivity contribution is 0.161. The molecule has 0 spiro atoms. The van der Waals surface area contributed by atoms with Crippen LogP contribution in [0.15, 0.2) is 24.3 Å². The summed E-state index contributed by atoms with van der Waals surface area (Å²) in [5, 5.41) is 0. The van der Waals surface area contributed by atoms with Gasteiger partial charge in [-0.2, -0.15) is 0 Å². The van der Waals surface area contributed by atoms with Crippen molar-refractivity contribution in [3.8, 4) is 0 Å². The van der Waals surface area contributed by atoms with E-state index < -0.39 is 0 Å². The largest absolute Gasteiger partial charge is 0.366 e. The SMILES string of the molecule is CCCC/C=C/C1C=CCO1. The minimum atomic E-state index is 0.256. The van der Waals surface area contributed by atoms with Crippen molar-refractivity contribution in [3.05, 3.63) is 24.3 Å². The fraction of sp³-hybridized carbons (Fsp3) is 0.600. The van der Waals surface area contributed by atoms with Crippen LogP contribution in [0.1, 0.15) is 26.2 Å². The quantitative estimate of drug-likeness (QED) is 0.444. The highest BCUT2D eigenvalue weighted by molar-refractivity contribution is 5.06. The second kappa shape index (κ2) is 5.14. The number of ether oxygens (including phenoxy) is 1. The molecule has 62 valence electrons. The Labute approximate surface area is 68.8 Å². The van der Waals surface area contributed by atoms with Crippen molar-refractivity contribution >= 4 is 0 Å². The first-order valence-electron chi connectivity index (χ1n) is 4.38. The number of hydrogen-bond acceptors (Lipinski definition) is 1. The van der Waals surface area contributed by atoms with Gasteiger partial charge >= 0.3 is 0 Å². The molecule has 11 heavy (non-hydrogen) atoms. The summed E-state index contributed by atoms with van der Waals surface area (Å²) in [4.78, 5) is 0. The van der Waals surface area contributed by atoms with Gasteiger partial charge in [-0.25, -0.2) is 0 Å². The molecule has 0 aromatic rings. The molecule has 0 aromatic heterocycles. The minimum Gasteiger partial charge on any atom is -0.366 e. The van der Waals surface area contributed by atoms with Crippen molar-refractivity contribution in [1.82, 2.24) is 0 Å². The zero-order valence-corrected chi connectivity index (χ0v) is 7.12. The van der Waals surface area contributed by atoms with Crippen molar-refractivity contribution in [2.24, 2.45) is 0 Å². The van der Waals surface area contributed by atoms with Crippen molar-refractivity contribution < 1.29 is 4.74 Å². The fourth-order valence-electron chi connectivity index (χ4n) is 1.08. The summed E-state index contributed by atoms with van der Waals surface area (Å²) >= 11 is 0. The Balaban J connectivity index is 2.08. The van der Waals surface area contributed by atoms with Gasteiger partial charge in [-0.3, -0.25) is 0 Å². The predicted molar refractivity (Wildman–Crippen MR) is 47.5 cm³/mol. The van der Waals surface area contributed by atoms with Crippen molar-refractivity contribution in [1.29, 1.82) is 0 Å². The van der Waals surface area contributed by atoms with Gasteiger partial charge in [-0.05, 0) is 6.42 Å². The third kappa shape index (κ3) is 3.38. The Kier molecular flexibility index (Phi) is 3.99. The van der Waals surface area contributed by atoms with Gasteiger partial charge in [0.2, 0.25) is 0 Å². The zero-order chi connectivity index (χ0) is 7.94. The van der Waals surface area contributed by atoms with Gasteiger partial charge < -0.3 is 4.74 Å². The lowest BCUT2D eigenvalue weighted by Crippen LogP contribution is -1.98. The minimum absolute atomic E-state index is 0.256. The molecule has 1 rings (SSSR count). The van der Waals surface area contributed by atoms with Crippen molar-refractivity contribution in [2.45, 2.75) is 32.3 Å². The first-order valence-corrected chi connectivity index (χ1v) is 4.38. The van der Waals surface area contributed by atoms with Gasteiger partial charge in [-0.1, -0.05) is 44.1 Å². The highest BCUT2D eigenvalue weighted by atomic mass is 16.5. The molecule has 1 heterocycles. The summed E-state index contributed by atoms with van der Waals surface area (Å²) in [5.74, 6) is 0. The molecule has 0 aliphatic carbocycles. The maximum absolute atomic E-state index is 5.34. The molecular weight excluding hydrogens is 136 g/mol. The average molecular weight is 152 g/mol. The molecule has 0 fully saturated rings. The van der Waals surface area contributed by atoms with Gasteiger partial charge in [0.25, 0.3) is 0 Å². The van der Waals surface area contributed by atoms with Crippen LogP contribution in [0.2, 0.25) is 0 Å². The molecule has 0 radical (unpaired) electrons. The zero-order valence-electron chi connectivity index (χ0n) is 7.12. The summed E-state index contributed by atoms with van der Waals surface area (Å²) < 4.78 is 5.34. The molecule has 0 saturated carbocycles. The van der Waals surface area contributed by atoms with E-state index in [4.69, 9.17) is 4.74 Å². The van der Waals surface area contributed by atoms with Gasteiger partial charge in [-0.15, -0.1) is 0 Å². The monoisotopic (exact) mass is 152 g/mol. The van der Waals surface area contributed by atoms with Gasteiger partial charge in [0.1, 0.15) is 0 Å². The van der Waals surface area contributed by atoms with Crippen LogP contribution in [0.3, 0.4) is 0 Å². The Bertz CT molecular complexity index is 147. The summed E-state index contributed by atoms with van der Waals surface area (Å²) in [6, 6.07) is 0. The third-order valence-electron chi connectivity index (χ3n) is 1.76. The summed E-state index contributed by atoms with van der Waals surface area (Å²) in [6.07, 6.45) is 12.5. The summed E-state index contributed by atoms with van der Waals surface area (Å²) in [6.45, 7) is 2.99. The molecule has 0 saturated heterocycles. The number of rotatable bonds is 4. The first-order chi connectivity index (χ1) is 5.43. The summed E-state index contributed by atoms with van der Waals surface area (Å²) in [7, 11) is 0. The van der Waals surface area contributed by atoms with Crippen LogP contribution in [-0.2, 0) is 4.74 Å². The molecule has 0 N–H and O–H groups in total. The van der Waals surface area contributed by atoms with Gasteiger partial charge in [0, 0.05) is 0 Å². The molecule has 1 aliphatic heterocycles. The van der Waals surface area contributed by atoms with Gasteiger partial charge in [0.15, 0.2) is 0 Å². The van der Waals surface area contributed by atoms with Gasteiger partial charge in [0.05, 0.1) is 12.7 Å². The predicted octanol–water partition coefficient (Wildman–Crippen LogP) is 2.69. The number of allylic oxidation sites excluding steroid dienone is 1. The first kappa shape index (κ1) is 8.54. The third-order valence-corrected chi connectivity index (χ3v) is 1.76. The van der Waals surface area contributed by atoms with Crippen LogP contribution in [0.4, 0.5) is 0 Å². The van der Waals surface area contributed by atoms with Crippen LogP contribution < -0.4 is 0 Å². The van der Waals surface area contributed by atoms with E-state index in [0.717, 1.165) is 6.61 Å². The van der Waals surface area contributed by atoms with Crippen molar-refractivity contribution in [2.75, 3.05) is 6.61 Å². The molecule has 0 aromatic carbocycles. The highest BCUT2D eigenvalue weighted by Gasteiger charge is 2.02. The molecule has 0 amide bonds. The molecule has 1 unspecified atom stereocenters. The highest BCUT2D eigenvalue weighted by Crippen LogP contribution is 2.05. The Morgan fingerprint density at radius 2 is 2.55 bits per heavy atom. The van der Waals surface area contributed by atoms with E-state index in [2.05, 4.69) is 31.2 Å². The number of unbranched alkanes of at least 4 members (excludes halogenated alkanes) is 2. The Morgan fingerprint density at radius 3 is 3.18 bits per heavy atom. The molecule has 1 nitrogen and oxygen atoms in total. The molecule has 0 bridgehead atoms. The van der Waals surface area contributed by atoms with E-state index in [1.165, 1.54) is 19.3 Å². The van der Waals surface area contributed by atoms with E-state index in [1.807, 2.05) is 0 Å².